The number of piperazine rings is 1. The van der Waals surface area contributed by atoms with E-state index in [2.05, 4.69) is 31.0 Å². The molecule has 3 atom stereocenters. The minimum absolute atomic E-state index is 0.771. The summed E-state index contributed by atoms with van der Waals surface area (Å²) in [5, 5.41) is 3.87. The molecule has 3 unspecified atom stereocenters. The topological polar surface area (TPSA) is 15.3 Å². The molecule has 1 saturated heterocycles. The first-order valence-electron chi connectivity index (χ1n) is 8.72. The fourth-order valence-electron chi connectivity index (χ4n) is 3.89. The van der Waals surface area contributed by atoms with E-state index < -0.39 is 0 Å². The van der Waals surface area contributed by atoms with Crippen molar-refractivity contribution >= 4 is 0 Å². The van der Waals surface area contributed by atoms with Crippen LogP contribution in [0.4, 0.5) is 0 Å². The molecular weight excluding hydrogens is 232 g/mol. The molecule has 1 aliphatic carbocycles. The Balaban J connectivity index is 1.90. The van der Waals surface area contributed by atoms with Gasteiger partial charge in [0.2, 0.25) is 0 Å². The highest BCUT2D eigenvalue weighted by Gasteiger charge is 2.32. The van der Waals surface area contributed by atoms with Crippen LogP contribution in [-0.4, -0.2) is 36.6 Å². The van der Waals surface area contributed by atoms with Crippen molar-refractivity contribution in [3.63, 3.8) is 0 Å². The van der Waals surface area contributed by atoms with Gasteiger partial charge in [0.15, 0.2) is 0 Å². The molecule has 112 valence electrons. The van der Waals surface area contributed by atoms with Gasteiger partial charge < -0.3 is 5.32 Å². The second kappa shape index (κ2) is 7.64. The summed E-state index contributed by atoms with van der Waals surface area (Å²) in [5.41, 5.74) is 0. The molecule has 0 amide bonds. The molecule has 0 radical (unpaired) electrons. The smallest absolute Gasteiger partial charge is 0.0224 e. The van der Waals surface area contributed by atoms with Crippen molar-refractivity contribution in [2.45, 2.75) is 77.8 Å². The molecule has 1 saturated carbocycles. The molecule has 0 aromatic heterocycles. The molecule has 2 heteroatoms. The number of nitrogens with zero attached hydrogens (tertiary/aromatic N) is 1. The standard InChI is InChI=1S/C17H34N2/c1-4-14(3)12-19-13-17(18-11-16(19)5-2)15-9-7-6-8-10-15/h14-18H,4-13H2,1-3H3. The molecule has 1 aliphatic heterocycles. The van der Waals surface area contributed by atoms with E-state index in [4.69, 9.17) is 0 Å². The third-order valence-electron chi connectivity index (χ3n) is 5.50. The van der Waals surface area contributed by atoms with Gasteiger partial charge in [0.1, 0.15) is 0 Å². The van der Waals surface area contributed by atoms with Crippen molar-refractivity contribution in [3.05, 3.63) is 0 Å². The lowest BCUT2D eigenvalue weighted by molar-refractivity contribution is 0.0807. The molecule has 1 N–H and O–H groups in total. The van der Waals surface area contributed by atoms with Crippen LogP contribution in [0.5, 0.6) is 0 Å². The fraction of sp³-hybridized carbons (Fsp3) is 1.00. The van der Waals surface area contributed by atoms with Crippen molar-refractivity contribution in [3.8, 4) is 0 Å². The molecule has 0 aromatic carbocycles. The van der Waals surface area contributed by atoms with Gasteiger partial charge in [-0.1, -0.05) is 46.5 Å². The maximum atomic E-state index is 3.87. The molecule has 2 fully saturated rings. The summed E-state index contributed by atoms with van der Waals surface area (Å²) in [6.45, 7) is 10.9. The summed E-state index contributed by atoms with van der Waals surface area (Å²) in [7, 11) is 0. The van der Waals surface area contributed by atoms with Gasteiger partial charge in [0.25, 0.3) is 0 Å². The molecule has 0 spiro atoms. The Hall–Kier alpha value is -0.0800. The average Bonchev–Trinajstić information content (AvgIpc) is 2.48. The number of hydrogen-bond donors (Lipinski definition) is 1. The molecule has 2 rings (SSSR count). The fourth-order valence-corrected chi connectivity index (χ4v) is 3.89. The first-order chi connectivity index (χ1) is 9.24. The Kier molecular flexibility index (Phi) is 6.15. The number of nitrogens with one attached hydrogen (secondary N) is 1. The van der Waals surface area contributed by atoms with Crippen LogP contribution in [-0.2, 0) is 0 Å². The van der Waals surface area contributed by atoms with Crippen molar-refractivity contribution in [2.24, 2.45) is 11.8 Å². The maximum Gasteiger partial charge on any atom is 0.0224 e. The largest absolute Gasteiger partial charge is 0.311 e. The van der Waals surface area contributed by atoms with E-state index in [1.165, 1.54) is 64.6 Å². The van der Waals surface area contributed by atoms with E-state index in [1.54, 1.807) is 0 Å². The van der Waals surface area contributed by atoms with Gasteiger partial charge in [-0.25, -0.2) is 0 Å². The zero-order valence-corrected chi connectivity index (χ0v) is 13.3. The van der Waals surface area contributed by atoms with Crippen LogP contribution < -0.4 is 5.32 Å². The van der Waals surface area contributed by atoms with Crippen molar-refractivity contribution < 1.29 is 0 Å². The average molecular weight is 266 g/mol. The lowest BCUT2D eigenvalue weighted by Crippen LogP contribution is -2.59. The molecule has 0 aromatic rings. The van der Waals surface area contributed by atoms with Crippen LogP contribution in [0.25, 0.3) is 0 Å². The van der Waals surface area contributed by atoms with Crippen LogP contribution in [0, 0.1) is 11.8 Å². The lowest BCUT2D eigenvalue weighted by atomic mass is 9.82. The third-order valence-corrected chi connectivity index (χ3v) is 5.50. The van der Waals surface area contributed by atoms with Gasteiger partial charge in [0, 0.05) is 31.7 Å². The van der Waals surface area contributed by atoms with Gasteiger partial charge in [0.05, 0.1) is 0 Å². The zero-order valence-electron chi connectivity index (χ0n) is 13.3. The minimum atomic E-state index is 0.771. The molecular formula is C17H34N2. The first-order valence-corrected chi connectivity index (χ1v) is 8.72. The SMILES string of the molecule is CCC(C)CN1CC(C2CCCCC2)NCC1CC. The Morgan fingerprint density at radius 1 is 1.16 bits per heavy atom. The van der Waals surface area contributed by atoms with E-state index in [-0.39, 0.29) is 0 Å². The quantitative estimate of drug-likeness (QED) is 0.817. The van der Waals surface area contributed by atoms with Crippen molar-refractivity contribution in [1.82, 2.24) is 10.2 Å². The number of rotatable bonds is 5. The molecule has 2 nitrogen and oxygen atoms in total. The van der Waals surface area contributed by atoms with E-state index in [0.717, 1.165) is 23.9 Å². The van der Waals surface area contributed by atoms with Gasteiger partial charge in [-0.15, -0.1) is 0 Å². The molecule has 1 heterocycles. The predicted octanol–water partition coefficient (Wildman–Crippen LogP) is 3.67. The van der Waals surface area contributed by atoms with Gasteiger partial charge in [-0.05, 0) is 31.1 Å². The predicted molar refractivity (Wildman–Crippen MR) is 83.5 cm³/mol. The second-order valence-corrected chi connectivity index (χ2v) is 6.94. The van der Waals surface area contributed by atoms with Gasteiger partial charge >= 0.3 is 0 Å². The van der Waals surface area contributed by atoms with Crippen LogP contribution >= 0.6 is 0 Å². The lowest BCUT2D eigenvalue weighted by Gasteiger charge is -2.44. The molecule has 0 bridgehead atoms. The van der Waals surface area contributed by atoms with Crippen LogP contribution in [0.1, 0.15) is 65.7 Å². The monoisotopic (exact) mass is 266 g/mol. The van der Waals surface area contributed by atoms with Gasteiger partial charge in [-0.3, -0.25) is 4.90 Å². The zero-order chi connectivity index (χ0) is 13.7. The Morgan fingerprint density at radius 2 is 1.89 bits per heavy atom. The highest BCUT2D eigenvalue weighted by atomic mass is 15.2. The molecule has 2 aliphatic rings. The summed E-state index contributed by atoms with van der Waals surface area (Å²) in [6, 6.07) is 1.54. The normalized spacial score (nSPS) is 32.4. The second-order valence-electron chi connectivity index (χ2n) is 6.94. The summed E-state index contributed by atoms with van der Waals surface area (Å²) in [4.78, 5) is 2.80. The summed E-state index contributed by atoms with van der Waals surface area (Å²) >= 11 is 0. The number of hydrogen-bond acceptors (Lipinski definition) is 2. The van der Waals surface area contributed by atoms with E-state index >= 15 is 0 Å². The summed E-state index contributed by atoms with van der Waals surface area (Å²) < 4.78 is 0. The van der Waals surface area contributed by atoms with Crippen molar-refractivity contribution in [2.75, 3.05) is 19.6 Å². The highest BCUT2D eigenvalue weighted by Crippen LogP contribution is 2.29. The Bertz CT molecular complexity index is 248. The molecule has 19 heavy (non-hydrogen) atoms. The van der Waals surface area contributed by atoms with Crippen molar-refractivity contribution in [1.29, 1.82) is 0 Å². The highest BCUT2D eigenvalue weighted by molar-refractivity contribution is 4.90. The Morgan fingerprint density at radius 3 is 2.53 bits per heavy atom. The van der Waals surface area contributed by atoms with E-state index in [9.17, 15) is 0 Å². The van der Waals surface area contributed by atoms with Gasteiger partial charge in [-0.2, -0.15) is 0 Å². The summed E-state index contributed by atoms with van der Waals surface area (Å²) in [6.07, 6.45) is 9.93. The summed E-state index contributed by atoms with van der Waals surface area (Å²) in [5.74, 6) is 1.80. The van der Waals surface area contributed by atoms with Crippen LogP contribution in [0.3, 0.4) is 0 Å². The maximum absolute atomic E-state index is 3.87. The van der Waals surface area contributed by atoms with Crippen LogP contribution in [0.15, 0.2) is 0 Å². The minimum Gasteiger partial charge on any atom is -0.311 e. The Labute approximate surface area is 120 Å². The van der Waals surface area contributed by atoms with E-state index in [1.807, 2.05) is 0 Å². The first kappa shape index (κ1) is 15.3. The third kappa shape index (κ3) is 4.19. The van der Waals surface area contributed by atoms with Crippen LogP contribution in [0.2, 0.25) is 0 Å². The van der Waals surface area contributed by atoms with E-state index in [0.29, 0.717) is 0 Å².